The van der Waals surface area contributed by atoms with Gasteiger partial charge in [0.25, 0.3) is 0 Å². The van der Waals surface area contributed by atoms with Crippen LogP contribution in [0.3, 0.4) is 0 Å². The molecule has 0 saturated heterocycles. The molecule has 19 heavy (non-hydrogen) atoms. The Morgan fingerprint density at radius 2 is 2.11 bits per heavy atom. The third-order valence-corrected chi connectivity index (χ3v) is 2.73. The summed E-state index contributed by atoms with van der Waals surface area (Å²) in [5.41, 5.74) is 6.65. The van der Waals surface area contributed by atoms with Crippen LogP contribution in [0, 0.1) is 0 Å². The molecule has 1 aromatic heterocycles. The lowest BCUT2D eigenvalue weighted by Gasteiger charge is -2.14. The lowest BCUT2D eigenvalue weighted by atomic mass is 10.1. The van der Waals surface area contributed by atoms with Gasteiger partial charge >= 0.3 is 6.55 Å². The van der Waals surface area contributed by atoms with Crippen molar-refractivity contribution in [2.75, 3.05) is 0 Å². The Labute approximate surface area is 109 Å². The highest BCUT2D eigenvalue weighted by Gasteiger charge is 2.13. The molecule has 0 aliphatic rings. The number of benzene rings is 1. The molecule has 0 unspecified atom stereocenters. The van der Waals surface area contributed by atoms with Crippen LogP contribution < -0.4 is 10.5 Å². The van der Waals surface area contributed by atoms with Crippen molar-refractivity contribution in [3.05, 3.63) is 48.0 Å². The normalized spacial score (nSPS) is 12.7. The summed E-state index contributed by atoms with van der Waals surface area (Å²) in [6, 6.07) is 7.08. The Kier molecular flexibility index (Phi) is 4.11. The highest BCUT2D eigenvalue weighted by Crippen LogP contribution is 2.24. The van der Waals surface area contributed by atoms with Gasteiger partial charge in [-0.15, -0.1) is 0 Å². The fourth-order valence-electron chi connectivity index (χ4n) is 1.76. The first-order valence-corrected chi connectivity index (χ1v) is 5.86. The van der Waals surface area contributed by atoms with Crippen LogP contribution in [0.5, 0.6) is 5.75 Å². The van der Waals surface area contributed by atoms with E-state index in [-0.39, 0.29) is 18.5 Å². The van der Waals surface area contributed by atoms with Crippen LogP contribution in [0.2, 0.25) is 0 Å². The van der Waals surface area contributed by atoms with Gasteiger partial charge in [-0.25, -0.2) is 4.98 Å². The van der Waals surface area contributed by atoms with E-state index in [2.05, 4.69) is 4.98 Å². The Morgan fingerprint density at radius 1 is 1.37 bits per heavy atom. The number of rotatable bonds is 5. The summed E-state index contributed by atoms with van der Waals surface area (Å²) in [6.45, 7) is -0.812. The summed E-state index contributed by atoms with van der Waals surface area (Å²) in [5.74, 6) is 0.760. The number of hydrogen-bond acceptors (Lipinski definition) is 3. The molecule has 6 heteroatoms. The van der Waals surface area contributed by atoms with Gasteiger partial charge in [0.2, 0.25) is 0 Å². The minimum absolute atomic E-state index is 0.0267. The van der Waals surface area contributed by atoms with Crippen LogP contribution in [-0.4, -0.2) is 9.55 Å². The summed E-state index contributed by atoms with van der Waals surface area (Å²) in [5, 5.41) is 0. The number of ether oxygens (including phenoxy) is 1. The van der Waals surface area contributed by atoms with E-state index in [9.17, 15) is 8.78 Å². The molecule has 2 N–H and O–H groups in total. The number of nitrogens with zero attached hydrogens (tertiary/aromatic N) is 2. The molecule has 1 atom stereocenters. The molecule has 0 aliphatic heterocycles. The summed E-state index contributed by atoms with van der Waals surface area (Å²) in [7, 11) is 0. The standard InChI is InChI=1S/C13H15F2N3O/c1-9(16)10-4-2-3-5-11(10)19-8-12-17-6-7-18(12)13(14)15/h2-7,9,13H,8,16H2,1H3/t9-/m1/s1. The first-order valence-electron chi connectivity index (χ1n) is 5.86. The van der Waals surface area contributed by atoms with E-state index < -0.39 is 6.55 Å². The molecule has 102 valence electrons. The fourth-order valence-corrected chi connectivity index (χ4v) is 1.76. The number of aromatic nitrogens is 2. The zero-order chi connectivity index (χ0) is 13.8. The third kappa shape index (κ3) is 3.08. The second-order valence-corrected chi connectivity index (χ2v) is 4.14. The summed E-state index contributed by atoms with van der Waals surface area (Å²) < 4.78 is 31.6. The SMILES string of the molecule is C[C@@H](N)c1ccccc1OCc1nccn1C(F)F. The molecule has 0 bridgehead atoms. The second kappa shape index (κ2) is 5.79. The molecule has 0 spiro atoms. The summed E-state index contributed by atoms with van der Waals surface area (Å²) in [4.78, 5) is 3.85. The number of para-hydroxylation sites is 1. The molecule has 4 nitrogen and oxygen atoms in total. The van der Waals surface area contributed by atoms with Crippen molar-refractivity contribution in [1.82, 2.24) is 9.55 Å². The molecule has 0 radical (unpaired) electrons. The molecule has 2 rings (SSSR count). The van der Waals surface area contributed by atoms with Crippen molar-refractivity contribution in [3.63, 3.8) is 0 Å². The lowest BCUT2D eigenvalue weighted by molar-refractivity contribution is 0.0632. The summed E-state index contributed by atoms with van der Waals surface area (Å²) in [6.07, 6.45) is 2.54. The van der Waals surface area contributed by atoms with Crippen molar-refractivity contribution >= 4 is 0 Å². The number of imidazole rings is 1. The van der Waals surface area contributed by atoms with E-state index in [4.69, 9.17) is 10.5 Å². The van der Waals surface area contributed by atoms with Crippen molar-refractivity contribution in [1.29, 1.82) is 0 Å². The molecule has 2 aromatic rings. The maximum absolute atomic E-state index is 12.6. The Hall–Kier alpha value is -1.95. The van der Waals surface area contributed by atoms with Gasteiger partial charge in [0.05, 0.1) is 0 Å². The van der Waals surface area contributed by atoms with Gasteiger partial charge < -0.3 is 10.5 Å². The Morgan fingerprint density at radius 3 is 2.79 bits per heavy atom. The topological polar surface area (TPSA) is 53.1 Å². The molecular formula is C13H15F2N3O. The number of alkyl halides is 2. The smallest absolute Gasteiger partial charge is 0.320 e. The van der Waals surface area contributed by atoms with Gasteiger partial charge in [0.15, 0.2) is 5.82 Å². The van der Waals surface area contributed by atoms with Gasteiger partial charge in [-0.1, -0.05) is 18.2 Å². The largest absolute Gasteiger partial charge is 0.485 e. The van der Waals surface area contributed by atoms with Crippen molar-refractivity contribution in [3.8, 4) is 5.75 Å². The minimum Gasteiger partial charge on any atom is -0.485 e. The third-order valence-electron chi connectivity index (χ3n) is 2.73. The van der Waals surface area contributed by atoms with Gasteiger partial charge in [-0.2, -0.15) is 8.78 Å². The van der Waals surface area contributed by atoms with Gasteiger partial charge in [-0.05, 0) is 13.0 Å². The Bertz CT molecular complexity index is 540. The number of hydrogen-bond donors (Lipinski definition) is 1. The average molecular weight is 267 g/mol. The maximum atomic E-state index is 12.6. The first-order chi connectivity index (χ1) is 9.09. The second-order valence-electron chi connectivity index (χ2n) is 4.14. The number of nitrogens with two attached hydrogens (primary N) is 1. The quantitative estimate of drug-likeness (QED) is 0.906. The monoisotopic (exact) mass is 267 g/mol. The van der Waals surface area contributed by atoms with Crippen LogP contribution in [0.4, 0.5) is 8.78 Å². The number of halogens is 2. The molecular weight excluding hydrogens is 252 g/mol. The predicted molar refractivity (Wildman–Crippen MR) is 66.9 cm³/mol. The molecule has 1 aromatic carbocycles. The highest BCUT2D eigenvalue weighted by atomic mass is 19.3. The fraction of sp³-hybridized carbons (Fsp3) is 0.308. The van der Waals surface area contributed by atoms with E-state index >= 15 is 0 Å². The van der Waals surface area contributed by atoms with Crippen LogP contribution in [0.15, 0.2) is 36.7 Å². The maximum Gasteiger partial charge on any atom is 0.320 e. The summed E-state index contributed by atoms with van der Waals surface area (Å²) >= 11 is 0. The van der Waals surface area contributed by atoms with E-state index in [0.717, 1.165) is 10.1 Å². The lowest BCUT2D eigenvalue weighted by Crippen LogP contribution is -2.10. The van der Waals surface area contributed by atoms with Gasteiger partial charge in [0, 0.05) is 24.0 Å². The van der Waals surface area contributed by atoms with Crippen molar-refractivity contribution < 1.29 is 13.5 Å². The zero-order valence-electron chi connectivity index (χ0n) is 10.5. The minimum atomic E-state index is -2.62. The van der Waals surface area contributed by atoms with Crippen LogP contribution >= 0.6 is 0 Å². The van der Waals surface area contributed by atoms with Crippen LogP contribution in [-0.2, 0) is 6.61 Å². The van der Waals surface area contributed by atoms with Gasteiger partial charge in [-0.3, -0.25) is 4.57 Å². The highest BCUT2D eigenvalue weighted by molar-refractivity contribution is 5.35. The predicted octanol–water partition coefficient (Wildman–Crippen LogP) is 2.88. The molecule has 0 fully saturated rings. The molecule has 0 amide bonds. The van der Waals surface area contributed by atoms with Crippen molar-refractivity contribution in [2.24, 2.45) is 5.73 Å². The molecule has 0 saturated carbocycles. The zero-order valence-corrected chi connectivity index (χ0v) is 10.5. The van der Waals surface area contributed by atoms with E-state index in [1.165, 1.54) is 12.4 Å². The van der Waals surface area contributed by atoms with Gasteiger partial charge in [0.1, 0.15) is 12.4 Å². The van der Waals surface area contributed by atoms with Crippen molar-refractivity contribution in [2.45, 2.75) is 26.1 Å². The van der Waals surface area contributed by atoms with E-state index in [1.807, 2.05) is 19.1 Å². The van der Waals surface area contributed by atoms with Crippen LogP contribution in [0.1, 0.15) is 30.9 Å². The Balaban J connectivity index is 2.13. The van der Waals surface area contributed by atoms with Crippen LogP contribution in [0.25, 0.3) is 0 Å². The van der Waals surface area contributed by atoms with E-state index in [1.54, 1.807) is 12.1 Å². The first kappa shape index (κ1) is 13.5. The molecule has 1 heterocycles. The average Bonchev–Trinajstić information content (AvgIpc) is 2.85. The van der Waals surface area contributed by atoms with E-state index in [0.29, 0.717) is 5.75 Å². The molecule has 0 aliphatic carbocycles.